The summed E-state index contributed by atoms with van der Waals surface area (Å²) >= 11 is 0. The van der Waals surface area contributed by atoms with Crippen LogP contribution in [0.3, 0.4) is 0 Å². The molecule has 1 amide bonds. The summed E-state index contributed by atoms with van der Waals surface area (Å²) in [5.74, 6) is 0.999. The molecule has 0 radical (unpaired) electrons. The predicted molar refractivity (Wildman–Crippen MR) is 78.6 cm³/mol. The highest BCUT2D eigenvalue weighted by molar-refractivity contribution is 5.85. The molecule has 0 spiro atoms. The monoisotopic (exact) mass is 280 g/mol. The van der Waals surface area contributed by atoms with E-state index in [1.54, 1.807) is 0 Å². The highest BCUT2D eigenvalue weighted by Crippen LogP contribution is 2.37. The first-order valence-corrected chi connectivity index (χ1v) is 6.85. The van der Waals surface area contributed by atoms with E-state index in [-0.39, 0.29) is 30.3 Å². The number of hydrogen-bond donors (Lipinski definition) is 2. The first-order chi connectivity index (χ1) is 8.75. The molecule has 0 aromatic heterocycles. The van der Waals surface area contributed by atoms with Gasteiger partial charge in [0.2, 0.25) is 5.91 Å². The molecule has 0 bridgehead atoms. The smallest absolute Gasteiger partial charge is 0.226 e. The summed E-state index contributed by atoms with van der Waals surface area (Å²) in [4.78, 5) is 12.0. The van der Waals surface area contributed by atoms with Gasteiger partial charge in [0.15, 0.2) is 0 Å². The maximum Gasteiger partial charge on any atom is 0.226 e. The summed E-state index contributed by atoms with van der Waals surface area (Å²) in [6.07, 6.45) is 2.22. The SMILES string of the molecule is CC1CCC(NC(=O)C2CNC2)c2ccccc21.Cl. The lowest BCUT2D eigenvalue weighted by Gasteiger charge is -2.33. The maximum atomic E-state index is 12.0. The molecule has 2 unspecified atom stereocenters. The molecule has 1 aromatic carbocycles. The third-order valence-electron chi connectivity index (χ3n) is 4.26. The van der Waals surface area contributed by atoms with Gasteiger partial charge < -0.3 is 10.6 Å². The maximum absolute atomic E-state index is 12.0. The van der Waals surface area contributed by atoms with Crippen molar-refractivity contribution in [1.82, 2.24) is 10.6 Å². The molecule has 1 aliphatic carbocycles. The van der Waals surface area contributed by atoms with E-state index < -0.39 is 0 Å². The molecule has 1 saturated heterocycles. The first-order valence-electron chi connectivity index (χ1n) is 6.85. The average Bonchev–Trinajstić information content (AvgIpc) is 2.31. The van der Waals surface area contributed by atoms with Crippen LogP contribution in [0.25, 0.3) is 0 Å². The van der Waals surface area contributed by atoms with Gasteiger partial charge in [-0.2, -0.15) is 0 Å². The molecular weight excluding hydrogens is 260 g/mol. The fourth-order valence-corrected chi connectivity index (χ4v) is 2.92. The number of amides is 1. The largest absolute Gasteiger partial charge is 0.349 e. The zero-order chi connectivity index (χ0) is 12.5. The molecule has 4 heteroatoms. The Labute approximate surface area is 120 Å². The molecule has 2 N–H and O–H groups in total. The first kappa shape index (κ1) is 14.4. The third kappa shape index (κ3) is 2.77. The van der Waals surface area contributed by atoms with Gasteiger partial charge in [-0.05, 0) is 29.9 Å². The molecule has 3 rings (SSSR count). The van der Waals surface area contributed by atoms with E-state index in [4.69, 9.17) is 0 Å². The van der Waals surface area contributed by atoms with Crippen LogP contribution in [0.2, 0.25) is 0 Å². The van der Waals surface area contributed by atoms with Gasteiger partial charge in [-0.3, -0.25) is 4.79 Å². The normalized spacial score (nSPS) is 25.7. The Morgan fingerprint density at radius 1 is 1.21 bits per heavy atom. The summed E-state index contributed by atoms with van der Waals surface area (Å²) in [7, 11) is 0. The van der Waals surface area contributed by atoms with Crippen molar-refractivity contribution < 1.29 is 4.79 Å². The second-order valence-electron chi connectivity index (χ2n) is 5.52. The van der Waals surface area contributed by atoms with Gasteiger partial charge in [0, 0.05) is 13.1 Å². The highest BCUT2D eigenvalue weighted by Gasteiger charge is 2.30. The summed E-state index contributed by atoms with van der Waals surface area (Å²) < 4.78 is 0. The van der Waals surface area contributed by atoms with Gasteiger partial charge in [0.05, 0.1) is 12.0 Å². The fourth-order valence-electron chi connectivity index (χ4n) is 2.92. The van der Waals surface area contributed by atoms with Gasteiger partial charge in [-0.15, -0.1) is 12.4 Å². The molecule has 19 heavy (non-hydrogen) atoms. The fraction of sp³-hybridized carbons (Fsp3) is 0.533. The number of hydrogen-bond acceptors (Lipinski definition) is 2. The minimum Gasteiger partial charge on any atom is -0.349 e. The van der Waals surface area contributed by atoms with Gasteiger partial charge in [-0.1, -0.05) is 31.2 Å². The van der Waals surface area contributed by atoms with Gasteiger partial charge in [-0.25, -0.2) is 0 Å². The molecular formula is C15H21ClN2O. The van der Waals surface area contributed by atoms with Crippen molar-refractivity contribution in [1.29, 1.82) is 0 Å². The number of nitrogens with one attached hydrogen (secondary N) is 2. The lowest BCUT2D eigenvalue weighted by molar-refractivity contribution is -0.127. The zero-order valence-electron chi connectivity index (χ0n) is 11.2. The third-order valence-corrected chi connectivity index (χ3v) is 4.26. The van der Waals surface area contributed by atoms with Crippen molar-refractivity contribution >= 4 is 18.3 Å². The Morgan fingerprint density at radius 3 is 2.53 bits per heavy atom. The summed E-state index contributed by atoms with van der Waals surface area (Å²) in [5, 5.41) is 6.36. The average molecular weight is 281 g/mol. The standard InChI is InChI=1S/C15H20N2O.ClH/c1-10-6-7-14(13-5-3-2-4-12(10)13)17-15(18)11-8-16-9-11;/h2-5,10-11,14,16H,6-9H2,1H3,(H,17,18);1H. The topological polar surface area (TPSA) is 41.1 Å². The Bertz CT molecular complexity index is 459. The number of carbonyl (C=O) groups is 1. The van der Waals surface area contributed by atoms with Crippen molar-refractivity contribution in [2.24, 2.45) is 5.92 Å². The summed E-state index contributed by atoms with van der Waals surface area (Å²) in [6.45, 7) is 3.93. The minimum absolute atomic E-state index is 0. The van der Waals surface area contributed by atoms with Crippen LogP contribution in [-0.4, -0.2) is 19.0 Å². The van der Waals surface area contributed by atoms with Crippen LogP contribution in [-0.2, 0) is 4.79 Å². The molecule has 1 aromatic rings. The number of rotatable bonds is 2. The quantitative estimate of drug-likeness (QED) is 0.873. The van der Waals surface area contributed by atoms with E-state index in [0.717, 1.165) is 25.9 Å². The van der Waals surface area contributed by atoms with Crippen LogP contribution < -0.4 is 10.6 Å². The molecule has 0 saturated carbocycles. The van der Waals surface area contributed by atoms with E-state index in [2.05, 4.69) is 41.8 Å². The summed E-state index contributed by atoms with van der Waals surface area (Å²) in [6, 6.07) is 8.74. The van der Waals surface area contributed by atoms with E-state index in [0.29, 0.717) is 5.92 Å². The van der Waals surface area contributed by atoms with E-state index in [1.807, 2.05) is 0 Å². The van der Waals surface area contributed by atoms with Crippen LogP contribution in [0.5, 0.6) is 0 Å². The number of benzene rings is 1. The van der Waals surface area contributed by atoms with Crippen LogP contribution in [0.15, 0.2) is 24.3 Å². The van der Waals surface area contributed by atoms with Crippen molar-refractivity contribution in [3.63, 3.8) is 0 Å². The summed E-state index contributed by atoms with van der Waals surface area (Å²) in [5.41, 5.74) is 2.72. The predicted octanol–water partition coefficient (Wildman–Crippen LogP) is 2.38. The van der Waals surface area contributed by atoms with E-state index in [1.165, 1.54) is 11.1 Å². The molecule has 1 heterocycles. The van der Waals surface area contributed by atoms with Gasteiger partial charge >= 0.3 is 0 Å². The molecule has 2 aliphatic rings. The van der Waals surface area contributed by atoms with Crippen LogP contribution >= 0.6 is 12.4 Å². The highest BCUT2D eigenvalue weighted by atomic mass is 35.5. The minimum atomic E-state index is 0. The van der Waals surface area contributed by atoms with Crippen LogP contribution in [0.4, 0.5) is 0 Å². The van der Waals surface area contributed by atoms with E-state index in [9.17, 15) is 4.79 Å². The van der Waals surface area contributed by atoms with E-state index >= 15 is 0 Å². The Balaban J connectivity index is 0.00000133. The number of carbonyl (C=O) groups excluding carboxylic acids is 1. The number of fused-ring (bicyclic) bond motifs is 1. The molecule has 1 aliphatic heterocycles. The second-order valence-corrected chi connectivity index (χ2v) is 5.52. The lowest BCUT2D eigenvalue weighted by atomic mass is 9.81. The molecule has 2 atom stereocenters. The van der Waals surface area contributed by atoms with Crippen LogP contribution in [0.1, 0.15) is 42.9 Å². The molecule has 1 fully saturated rings. The Kier molecular flexibility index (Phi) is 4.48. The molecule has 104 valence electrons. The van der Waals surface area contributed by atoms with Gasteiger partial charge in [0.1, 0.15) is 0 Å². The van der Waals surface area contributed by atoms with Gasteiger partial charge in [0.25, 0.3) is 0 Å². The Hall–Kier alpha value is -1.06. The van der Waals surface area contributed by atoms with Crippen molar-refractivity contribution in [2.45, 2.75) is 31.7 Å². The van der Waals surface area contributed by atoms with Crippen molar-refractivity contribution in [3.05, 3.63) is 35.4 Å². The number of halogens is 1. The van der Waals surface area contributed by atoms with Crippen molar-refractivity contribution in [2.75, 3.05) is 13.1 Å². The van der Waals surface area contributed by atoms with Crippen LogP contribution in [0, 0.1) is 5.92 Å². The lowest BCUT2D eigenvalue weighted by Crippen LogP contribution is -2.51. The Morgan fingerprint density at radius 2 is 1.89 bits per heavy atom. The second kappa shape index (κ2) is 5.93. The molecule has 3 nitrogen and oxygen atoms in total. The zero-order valence-corrected chi connectivity index (χ0v) is 12.0. The van der Waals surface area contributed by atoms with Crippen molar-refractivity contribution in [3.8, 4) is 0 Å².